The van der Waals surface area contributed by atoms with Crippen molar-refractivity contribution in [3.8, 4) is 5.75 Å². The molecule has 0 amide bonds. The van der Waals surface area contributed by atoms with Gasteiger partial charge in [-0.25, -0.2) is 13.2 Å². The van der Waals surface area contributed by atoms with Crippen LogP contribution in [0.3, 0.4) is 0 Å². The molecule has 0 N–H and O–H groups in total. The van der Waals surface area contributed by atoms with Gasteiger partial charge < -0.3 is 4.74 Å². The van der Waals surface area contributed by atoms with Crippen LogP contribution in [0.4, 0.5) is 26.3 Å². The zero-order valence-electron chi connectivity index (χ0n) is 17.6. The van der Waals surface area contributed by atoms with Crippen LogP contribution in [-0.4, -0.2) is 6.36 Å². The van der Waals surface area contributed by atoms with Gasteiger partial charge in [0.15, 0.2) is 11.6 Å². The molecule has 4 unspecified atom stereocenters. The summed E-state index contributed by atoms with van der Waals surface area (Å²) < 4.78 is 84.3. The molecule has 0 bridgehead atoms. The highest BCUT2D eigenvalue weighted by Crippen LogP contribution is 2.54. The molecule has 1 saturated carbocycles. The highest BCUT2D eigenvalue weighted by molar-refractivity contribution is 5.39. The van der Waals surface area contributed by atoms with Crippen molar-refractivity contribution in [2.24, 2.45) is 11.8 Å². The number of ether oxygens (including phenoxy) is 1. The number of hydrogen-bond acceptors (Lipinski definition) is 1. The zero-order valence-corrected chi connectivity index (χ0v) is 17.6. The van der Waals surface area contributed by atoms with Gasteiger partial charge in [-0.2, -0.15) is 0 Å². The fourth-order valence-corrected chi connectivity index (χ4v) is 5.58. The molecule has 2 aromatic rings. The van der Waals surface area contributed by atoms with Gasteiger partial charge in [-0.3, -0.25) is 0 Å². The van der Waals surface area contributed by atoms with Crippen LogP contribution in [-0.2, 0) is 6.42 Å². The first-order valence-corrected chi connectivity index (χ1v) is 10.9. The van der Waals surface area contributed by atoms with Crippen molar-refractivity contribution in [1.29, 1.82) is 0 Å². The number of alkyl halides is 3. The quantitative estimate of drug-likeness (QED) is 0.338. The van der Waals surface area contributed by atoms with Gasteiger partial charge in [-0.05, 0) is 90.7 Å². The summed E-state index contributed by atoms with van der Waals surface area (Å²) >= 11 is 0. The first-order valence-electron chi connectivity index (χ1n) is 10.9. The van der Waals surface area contributed by atoms with Crippen molar-refractivity contribution in [1.82, 2.24) is 0 Å². The van der Waals surface area contributed by atoms with Crippen LogP contribution >= 0.6 is 0 Å². The molecule has 0 spiro atoms. The van der Waals surface area contributed by atoms with Gasteiger partial charge in [0.25, 0.3) is 0 Å². The Morgan fingerprint density at radius 1 is 1.00 bits per heavy atom. The van der Waals surface area contributed by atoms with Crippen LogP contribution in [0, 0.1) is 29.3 Å². The van der Waals surface area contributed by atoms with E-state index in [1.807, 2.05) is 13.0 Å². The van der Waals surface area contributed by atoms with E-state index < -0.39 is 29.6 Å². The summed E-state index contributed by atoms with van der Waals surface area (Å²) in [7, 11) is 0. The molecule has 172 valence electrons. The molecule has 0 radical (unpaired) electrons. The monoisotopic (exact) mass is 454 g/mol. The lowest BCUT2D eigenvalue weighted by atomic mass is 9.58. The average molecular weight is 454 g/mol. The lowest BCUT2D eigenvalue weighted by Crippen LogP contribution is -2.35. The first kappa shape index (κ1) is 22.7. The molecule has 0 heterocycles. The van der Waals surface area contributed by atoms with Crippen molar-refractivity contribution in [2.45, 2.75) is 57.2 Å². The fourth-order valence-electron chi connectivity index (χ4n) is 5.58. The number of rotatable bonds is 4. The first-order chi connectivity index (χ1) is 15.2. The third-order valence-corrected chi connectivity index (χ3v) is 6.76. The van der Waals surface area contributed by atoms with E-state index in [1.165, 1.54) is 12.1 Å². The maximum absolute atomic E-state index is 14.5. The molecule has 2 aliphatic carbocycles. The third kappa shape index (κ3) is 4.52. The van der Waals surface area contributed by atoms with E-state index in [0.29, 0.717) is 29.5 Å². The number of halogens is 6. The molecule has 2 aliphatic rings. The van der Waals surface area contributed by atoms with Gasteiger partial charge in [0.05, 0.1) is 0 Å². The van der Waals surface area contributed by atoms with E-state index >= 15 is 0 Å². The van der Waals surface area contributed by atoms with Crippen molar-refractivity contribution >= 4 is 0 Å². The summed E-state index contributed by atoms with van der Waals surface area (Å²) in [6.45, 7) is 2.00. The Balaban J connectivity index is 1.73. The molecule has 4 atom stereocenters. The number of hydrogen-bond donors (Lipinski definition) is 0. The highest BCUT2D eigenvalue weighted by atomic mass is 19.4. The van der Waals surface area contributed by atoms with Gasteiger partial charge in [-0.15, -0.1) is 13.2 Å². The van der Waals surface area contributed by atoms with Crippen LogP contribution < -0.4 is 4.74 Å². The second kappa shape index (κ2) is 8.83. The lowest BCUT2D eigenvalue weighted by Gasteiger charge is -2.46. The SMILES string of the molecule is CCC=CC1CCC2c3cc(F)cc(F)c3CCC2C1c1ccc(OC(F)(F)F)c(F)c1. The van der Waals surface area contributed by atoms with E-state index in [-0.39, 0.29) is 23.7 Å². The Morgan fingerprint density at radius 2 is 1.78 bits per heavy atom. The summed E-state index contributed by atoms with van der Waals surface area (Å²) in [5.41, 5.74) is 1.78. The van der Waals surface area contributed by atoms with Gasteiger partial charge in [-0.1, -0.05) is 25.1 Å². The summed E-state index contributed by atoms with van der Waals surface area (Å²) in [5.74, 6) is -3.31. The Morgan fingerprint density at radius 3 is 2.47 bits per heavy atom. The van der Waals surface area contributed by atoms with Crippen molar-refractivity contribution < 1.29 is 31.1 Å². The minimum atomic E-state index is -4.98. The van der Waals surface area contributed by atoms with Gasteiger partial charge in [0.1, 0.15) is 11.6 Å². The summed E-state index contributed by atoms with van der Waals surface area (Å²) in [5, 5.41) is 0. The lowest BCUT2D eigenvalue weighted by molar-refractivity contribution is -0.275. The normalized spacial score (nSPS) is 25.5. The molecule has 7 heteroatoms. The predicted octanol–water partition coefficient (Wildman–Crippen LogP) is 7.81. The number of fused-ring (bicyclic) bond motifs is 3. The maximum Gasteiger partial charge on any atom is 0.573 e. The summed E-state index contributed by atoms with van der Waals surface area (Å²) in [4.78, 5) is 0. The minimum absolute atomic E-state index is 0.00209. The van der Waals surface area contributed by atoms with E-state index in [2.05, 4.69) is 10.8 Å². The molecule has 1 nitrogen and oxygen atoms in total. The Hall–Kier alpha value is -2.44. The van der Waals surface area contributed by atoms with E-state index in [9.17, 15) is 26.3 Å². The second-order valence-electron chi connectivity index (χ2n) is 8.61. The van der Waals surface area contributed by atoms with Crippen LogP contribution in [0.2, 0.25) is 0 Å². The largest absolute Gasteiger partial charge is 0.573 e. The summed E-state index contributed by atoms with van der Waals surface area (Å²) in [6, 6.07) is 5.91. The molecule has 0 aliphatic heterocycles. The van der Waals surface area contributed by atoms with Crippen LogP contribution in [0.1, 0.15) is 61.1 Å². The second-order valence-corrected chi connectivity index (χ2v) is 8.61. The van der Waals surface area contributed by atoms with E-state index in [0.717, 1.165) is 37.5 Å². The molecular weight excluding hydrogens is 430 g/mol. The third-order valence-electron chi connectivity index (χ3n) is 6.76. The number of allylic oxidation sites excluding steroid dienone is 2. The van der Waals surface area contributed by atoms with Crippen LogP contribution in [0.5, 0.6) is 5.75 Å². The van der Waals surface area contributed by atoms with Gasteiger partial charge in [0, 0.05) is 6.07 Å². The maximum atomic E-state index is 14.5. The van der Waals surface area contributed by atoms with Crippen LogP contribution in [0.15, 0.2) is 42.5 Å². The molecule has 0 aromatic heterocycles. The highest BCUT2D eigenvalue weighted by Gasteiger charge is 2.43. The molecule has 1 fully saturated rings. The average Bonchev–Trinajstić information content (AvgIpc) is 2.72. The van der Waals surface area contributed by atoms with E-state index in [1.54, 1.807) is 0 Å². The smallest absolute Gasteiger partial charge is 0.403 e. The van der Waals surface area contributed by atoms with Crippen molar-refractivity contribution in [3.05, 3.63) is 76.6 Å². The van der Waals surface area contributed by atoms with Crippen LogP contribution in [0.25, 0.3) is 0 Å². The molecule has 0 saturated heterocycles. The summed E-state index contributed by atoms with van der Waals surface area (Å²) in [6.07, 6.45) is 2.53. The van der Waals surface area contributed by atoms with Gasteiger partial charge >= 0.3 is 6.36 Å². The standard InChI is InChI=1S/C25H24F6O/c1-2-3-4-14-5-7-17-19(9-8-18-20(17)12-16(26)13-21(18)27)24(14)15-6-10-23(22(28)11-15)32-25(29,30)31/h3-4,6,10-14,17,19,24H,2,5,7-9H2,1H3. The Bertz CT molecular complexity index is 1010. The minimum Gasteiger partial charge on any atom is -0.403 e. The van der Waals surface area contributed by atoms with E-state index in [4.69, 9.17) is 0 Å². The molecule has 2 aromatic carbocycles. The Labute approximate surface area is 183 Å². The molecule has 32 heavy (non-hydrogen) atoms. The molecular formula is C25H24F6O. The van der Waals surface area contributed by atoms with Crippen molar-refractivity contribution in [3.63, 3.8) is 0 Å². The topological polar surface area (TPSA) is 9.23 Å². The van der Waals surface area contributed by atoms with Crippen molar-refractivity contribution in [2.75, 3.05) is 0 Å². The molecule has 4 rings (SSSR count). The fraction of sp³-hybridized carbons (Fsp3) is 0.440. The Kier molecular flexibility index (Phi) is 6.28. The zero-order chi connectivity index (χ0) is 23.0. The number of benzene rings is 2. The predicted molar refractivity (Wildman–Crippen MR) is 109 cm³/mol. The van der Waals surface area contributed by atoms with Gasteiger partial charge in [0.2, 0.25) is 0 Å².